The molecule has 2 aromatic carbocycles. The molecule has 0 spiro atoms. The van der Waals surface area contributed by atoms with Crippen LogP contribution in [0.5, 0.6) is 0 Å². The van der Waals surface area contributed by atoms with Gasteiger partial charge >= 0.3 is 0 Å². The zero-order chi connectivity index (χ0) is 17.4. The van der Waals surface area contributed by atoms with Crippen LogP contribution in [0.2, 0.25) is 5.02 Å². The molecule has 1 N–H and O–H groups in total. The monoisotopic (exact) mass is 367 g/mol. The second kappa shape index (κ2) is 6.35. The fraction of sp³-hybridized carbons (Fsp3) is 0.0526. The molecule has 0 aliphatic carbocycles. The number of fused-ring (bicyclic) bond motifs is 1. The number of thiazole rings is 1. The van der Waals surface area contributed by atoms with Gasteiger partial charge in [-0.25, -0.2) is 4.98 Å². The van der Waals surface area contributed by atoms with Crippen LogP contribution >= 0.6 is 22.9 Å². The molecule has 2 aromatic heterocycles. The number of benzene rings is 2. The van der Waals surface area contributed by atoms with Gasteiger partial charge in [0.1, 0.15) is 5.69 Å². The van der Waals surface area contributed by atoms with Gasteiger partial charge in [0.2, 0.25) is 0 Å². The quantitative estimate of drug-likeness (QED) is 0.540. The van der Waals surface area contributed by atoms with Gasteiger partial charge < -0.3 is 4.57 Å². The van der Waals surface area contributed by atoms with E-state index in [-0.39, 0.29) is 5.91 Å². The van der Waals surface area contributed by atoms with Crippen molar-refractivity contribution in [2.75, 3.05) is 5.32 Å². The standard InChI is InChI=1S/C19H14ClN3OS/c1-23-16-9-5-8-14(20)13(16)10-17(23)18(24)22-19-21-15(11-25-19)12-6-3-2-4-7-12/h2-11H,1H3,(H,21,22,24). The van der Waals surface area contributed by atoms with E-state index in [0.29, 0.717) is 15.8 Å². The topological polar surface area (TPSA) is 46.9 Å². The maximum Gasteiger partial charge on any atom is 0.274 e. The average molecular weight is 368 g/mol. The molecule has 0 radical (unpaired) electrons. The maximum atomic E-state index is 12.7. The number of aromatic nitrogens is 2. The molecule has 0 atom stereocenters. The molecule has 0 unspecified atom stereocenters. The van der Waals surface area contributed by atoms with E-state index in [2.05, 4.69) is 10.3 Å². The predicted octanol–water partition coefficient (Wildman–Crippen LogP) is 5.21. The summed E-state index contributed by atoms with van der Waals surface area (Å²) in [5, 5.41) is 6.87. The first kappa shape index (κ1) is 15.9. The van der Waals surface area contributed by atoms with Crippen molar-refractivity contribution in [3.05, 3.63) is 70.7 Å². The lowest BCUT2D eigenvalue weighted by Gasteiger charge is -2.04. The van der Waals surface area contributed by atoms with Crippen LogP contribution in [0.3, 0.4) is 0 Å². The Bertz CT molecular complexity index is 1070. The van der Waals surface area contributed by atoms with Crippen molar-refractivity contribution in [2.45, 2.75) is 0 Å². The molecular weight excluding hydrogens is 354 g/mol. The van der Waals surface area contributed by atoms with Gasteiger partial charge in [-0.3, -0.25) is 10.1 Å². The predicted molar refractivity (Wildman–Crippen MR) is 103 cm³/mol. The molecule has 25 heavy (non-hydrogen) atoms. The Balaban J connectivity index is 1.62. The highest BCUT2D eigenvalue weighted by atomic mass is 35.5. The summed E-state index contributed by atoms with van der Waals surface area (Å²) in [5.41, 5.74) is 3.33. The van der Waals surface area contributed by atoms with Crippen molar-refractivity contribution in [3.63, 3.8) is 0 Å². The molecule has 0 fully saturated rings. The molecule has 4 nitrogen and oxygen atoms in total. The molecule has 0 aliphatic rings. The van der Waals surface area contributed by atoms with E-state index in [0.717, 1.165) is 22.2 Å². The lowest BCUT2D eigenvalue weighted by atomic mass is 10.2. The highest BCUT2D eigenvalue weighted by Crippen LogP contribution is 2.28. The number of carbonyl (C=O) groups excluding carboxylic acids is 1. The summed E-state index contributed by atoms with van der Waals surface area (Å²) in [6.07, 6.45) is 0. The number of aryl methyl sites for hydroxylation is 1. The zero-order valence-electron chi connectivity index (χ0n) is 13.4. The Morgan fingerprint density at radius 3 is 2.72 bits per heavy atom. The summed E-state index contributed by atoms with van der Waals surface area (Å²) in [4.78, 5) is 17.2. The Labute approximate surface area is 153 Å². The van der Waals surface area contributed by atoms with Gasteiger partial charge in [0.05, 0.1) is 5.69 Å². The van der Waals surface area contributed by atoms with Crippen molar-refractivity contribution >= 4 is 44.9 Å². The van der Waals surface area contributed by atoms with Crippen LogP contribution in [0.15, 0.2) is 60.0 Å². The Morgan fingerprint density at radius 1 is 1.16 bits per heavy atom. The molecule has 4 aromatic rings. The van der Waals surface area contributed by atoms with Crippen molar-refractivity contribution < 1.29 is 4.79 Å². The summed E-state index contributed by atoms with van der Waals surface area (Å²) in [7, 11) is 1.85. The largest absolute Gasteiger partial charge is 0.340 e. The normalized spacial score (nSPS) is 11.0. The van der Waals surface area contributed by atoms with Gasteiger partial charge in [-0.1, -0.05) is 48.0 Å². The maximum absolute atomic E-state index is 12.7. The number of carbonyl (C=O) groups is 1. The van der Waals surface area contributed by atoms with Gasteiger partial charge in [-0.15, -0.1) is 11.3 Å². The summed E-state index contributed by atoms with van der Waals surface area (Å²) < 4.78 is 1.84. The number of nitrogens with one attached hydrogen (secondary N) is 1. The number of nitrogens with zero attached hydrogens (tertiary/aromatic N) is 2. The molecule has 2 heterocycles. The van der Waals surface area contributed by atoms with Crippen molar-refractivity contribution in [3.8, 4) is 11.3 Å². The van der Waals surface area contributed by atoms with Gasteiger partial charge in [-0.2, -0.15) is 0 Å². The van der Waals surface area contributed by atoms with E-state index in [1.807, 2.05) is 65.5 Å². The van der Waals surface area contributed by atoms with Crippen LogP contribution in [0.4, 0.5) is 5.13 Å². The third-order valence-electron chi connectivity index (χ3n) is 4.06. The second-order valence-corrected chi connectivity index (χ2v) is 6.88. The van der Waals surface area contributed by atoms with E-state index in [9.17, 15) is 4.79 Å². The highest BCUT2D eigenvalue weighted by molar-refractivity contribution is 7.14. The van der Waals surface area contributed by atoms with Crippen LogP contribution in [-0.4, -0.2) is 15.5 Å². The summed E-state index contributed by atoms with van der Waals surface area (Å²) in [6.45, 7) is 0. The van der Waals surface area contributed by atoms with Gasteiger partial charge in [0.25, 0.3) is 5.91 Å². The number of halogens is 1. The Kier molecular flexibility index (Phi) is 4.03. The number of amides is 1. The third-order valence-corrected chi connectivity index (χ3v) is 5.15. The van der Waals surface area contributed by atoms with E-state index in [1.165, 1.54) is 11.3 Å². The second-order valence-electron chi connectivity index (χ2n) is 5.62. The number of rotatable bonds is 3. The minimum absolute atomic E-state index is 0.205. The van der Waals surface area contributed by atoms with E-state index in [1.54, 1.807) is 6.07 Å². The summed E-state index contributed by atoms with van der Waals surface area (Å²) in [5.74, 6) is -0.205. The smallest absolute Gasteiger partial charge is 0.274 e. The molecule has 6 heteroatoms. The molecule has 0 aliphatic heterocycles. The molecule has 0 saturated carbocycles. The van der Waals surface area contributed by atoms with Crippen LogP contribution in [0, 0.1) is 0 Å². The molecule has 4 rings (SSSR count). The van der Waals surface area contributed by atoms with Crippen molar-refractivity contribution in [1.29, 1.82) is 0 Å². The SMILES string of the molecule is Cn1c(C(=O)Nc2nc(-c3ccccc3)cs2)cc2c(Cl)cccc21. The Morgan fingerprint density at radius 2 is 1.96 bits per heavy atom. The Hall–Kier alpha value is -2.63. The fourth-order valence-corrected chi connectivity index (χ4v) is 3.71. The number of hydrogen-bond acceptors (Lipinski definition) is 3. The number of hydrogen-bond donors (Lipinski definition) is 1. The lowest BCUT2D eigenvalue weighted by molar-refractivity contribution is 0.102. The first-order chi connectivity index (χ1) is 12.1. The third kappa shape index (κ3) is 2.92. The molecule has 124 valence electrons. The van der Waals surface area contributed by atoms with Crippen molar-refractivity contribution in [2.24, 2.45) is 7.05 Å². The number of anilines is 1. The van der Waals surface area contributed by atoms with Gasteiger partial charge in [-0.05, 0) is 18.2 Å². The van der Waals surface area contributed by atoms with Crippen LogP contribution in [0.25, 0.3) is 22.2 Å². The van der Waals surface area contributed by atoms with E-state index < -0.39 is 0 Å². The highest BCUT2D eigenvalue weighted by Gasteiger charge is 2.16. The molecular formula is C19H14ClN3OS. The zero-order valence-corrected chi connectivity index (χ0v) is 14.9. The first-order valence-corrected chi connectivity index (χ1v) is 8.95. The molecule has 0 bridgehead atoms. The van der Waals surface area contributed by atoms with Crippen LogP contribution in [-0.2, 0) is 7.05 Å². The molecule has 1 amide bonds. The summed E-state index contributed by atoms with van der Waals surface area (Å²) in [6, 6.07) is 17.3. The minimum Gasteiger partial charge on any atom is -0.340 e. The van der Waals surface area contributed by atoms with E-state index in [4.69, 9.17) is 11.6 Å². The van der Waals surface area contributed by atoms with Crippen molar-refractivity contribution in [1.82, 2.24) is 9.55 Å². The summed E-state index contributed by atoms with van der Waals surface area (Å²) >= 11 is 7.63. The average Bonchev–Trinajstić information content (AvgIpc) is 3.22. The van der Waals surface area contributed by atoms with Crippen LogP contribution in [0.1, 0.15) is 10.5 Å². The fourth-order valence-electron chi connectivity index (χ4n) is 2.78. The van der Waals surface area contributed by atoms with E-state index >= 15 is 0 Å². The molecule has 0 saturated heterocycles. The van der Waals surface area contributed by atoms with Gasteiger partial charge in [0.15, 0.2) is 5.13 Å². The van der Waals surface area contributed by atoms with Gasteiger partial charge in [0, 0.05) is 33.9 Å². The first-order valence-electron chi connectivity index (χ1n) is 7.70. The minimum atomic E-state index is -0.205. The van der Waals surface area contributed by atoms with Crippen LogP contribution < -0.4 is 5.32 Å². The lowest BCUT2D eigenvalue weighted by Crippen LogP contribution is -2.15.